The normalized spacial score (nSPS) is 9.42. The van der Waals surface area contributed by atoms with E-state index in [1.54, 1.807) is 0 Å². The van der Waals surface area contributed by atoms with E-state index in [9.17, 15) is 9.59 Å². The van der Waals surface area contributed by atoms with Crippen molar-refractivity contribution < 1.29 is 19.1 Å². The molecule has 0 aromatic heterocycles. The van der Waals surface area contributed by atoms with E-state index in [-0.39, 0.29) is 6.61 Å². The maximum atomic E-state index is 10.6. The fraction of sp³-hybridized carbons (Fsp3) is 0.429. The first-order chi connectivity index (χ1) is 5.81. The number of hydrogen-bond donors (Lipinski definition) is 0. The van der Waals surface area contributed by atoms with Crippen LogP contribution >= 0.6 is 0 Å². The van der Waals surface area contributed by atoms with E-state index >= 15 is 0 Å². The number of ether oxygens (including phenoxy) is 2. The molecule has 5 nitrogen and oxygen atoms in total. The molecule has 0 atom stereocenters. The third-order valence-electron chi connectivity index (χ3n) is 0.870. The van der Waals surface area contributed by atoms with Gasteiger partial charge in [0.05, 0.1) is 6.61 Å². The third-order valence-corrected chi connectivity index (χ3v) is 0.870. The summed E-state index contributed by atoms with van der Waals surface area (Å²) in [5, 5.41) is 0. The predicted molar refractivity (Wildman–Crippen MR) is 40.1 cm³/mol. The Morgan fingerprint density at radius 2 is 2.33 bits per heavy atom. The standard InChI is InChI=1S/C7H9NO4/c1-11-4-5-12-7(10)2-3-8-6-9/h2-3H,4-5H2,1H3. The molecule has 0 aromatic carbocycles. The summed E-state index contributed by atoms with van der Waals surface area (Å²) in [6.07, 6.45) is 3.29. The average Bonchev–Trinajstić information content (AvgIpc) is 2.06. The van der Waals surface area contributed by atoms with Crippen LogP contribution in [0.25, 0.3) is 0 Å². The summed E-state index contributed by atoms with van der Waals surface area (Å²) in [7, 11) is 1.50. The lowest BCUT2D eigenvalue weighted by molar-refractivity contribution is -0.138. The van der Waals surface area contributed by atoms with Crippen LogP contribution in [-0.4, -0.2) is 32.4 Å². The smallest absolute Gasteiger partial charge is 0.332 e. The first-order valence-electron chi connectivity index (χ1n) is 3.20. The zero-order valence-corrected chi connectivity index (χ0v) is 6.65. The maximum Gasteiger partial charge on any atom is 0.332 e. The van der Waals surface area contributed by atoms with Crippen molar-refractivity contribution in [3.63, 3.8) is 0 Å². The number of aliphatic imine (C=N–C) groups is 1. The molecule has 0 N–H and O–H groups in total. The molecule has 0 amide bonds. The minimum Gasteiger partial charge on any atom is -0.460 e. The highest BCUT2D eigenvalue weighted by molar-refractivity contribution is 5.81. The number of esters is 1. The van der Waals surface area contributed by atoms with Crippen LogP contribution in [0.4, 0.5) is 0 Å². The van der Waals surface area contributed by atoms with Crippen LogP contribution in [0.2, 0.25) is 0 Å². The first kappa shape index (κ1) is 10.6. The van der Waals surface area contributed by atoms with Crippen LogP contribution in [-0.2, 0) is 19.1 Å². The minimum absolute atomic E-state index is 0.185. The number of isocyanates is 1. The predicted octanol–water partition coefficient (Wildman–Crippen LogP) is 0.0255. The van der Waals surface area contributed by atoms with E-state index in [0.717, 1.165) is 12.3 Å². The van der Waals surface area contributed by atoms with Gasteiger partial charge in [-0.25, -0.2) is 9.59 Å². The van der Waals surface area contributed by atoms with Gasteiger partial charge in [-0.15, -0.1) is 0 Å². The molecule has 0 saturated heterocycles. The quantitative estimate of drug-likeness (QED) is 0.192. The molecule has 0 saturated carbocycles. The molecule has 0 bridgehead atoms. The van der Waals surface area contributed by atoms with Crippen LogP contribution in [0, 0.1) is 0 Å². The van der Waals surface area contributed by atoms with E-state index < -0.39 is 5.97 Å². The van der Waals surface area contributed by atoms with E-state index in [4.69, 9.17) is 0 Å². The Labute approximate surface area is 69.7 Å². The molecule has 0 spiro atoms. The van der Waals surface area contributed by atoms with Gasteiger partial charge in [-0.05, 0) is 0 Å². The Morgan fingerprint density at radius 3 is 2.92 bits per heavy atom. The van der Waals surface area contributed by atoms with Gasteiger partial charge in [0, 0.05) is 19.4 Å². The highest BCUT2D eigenvalue weighted by Gasteiger charge is 1.93. The van der Waals surface area contributed by atoms with Crippen LogP contribution in [0.5, 0.6) is 0 Å². The average molecular weight is 171 g/mol. The summed E-state index contributed by atoms with van der Waals surface area (Å²) in [5.41, 5.74) is 0. The fourth-order valence-corrected chi connectivity index (χ4v) is 0.402. The fourth-order valence-electron chi connectivity index (χ4n) is 0.402. The van der Waals surface area contributed by atoms with Crippen molar-refractivity contribution >= 4 is 12.0 Å². The summed E-state index contributed by atoms with van der Waals surface area (Å²) >= 11 is 0. The van der Waals surface area contributed by atoms with Crippen LogP contribution in [0.3, 0.4) is 0 Å². The Kier molecular flexibility index (Phi) is 6.73. The van der Waals surface area contributed by atoms with Gasteiger partial charge in [0.2, 0.25) is 6.08 Å². The summed E-state index contributed by atoms with van der Waals surface area (Å²) < 4.78 is 9.22. The zero-order chi connectivity index (χ0) is 9.23. The molecule has 0 unspecified atom stereocenters. The van der Waals surface area contributed by atoms with E-state index in [2.05, 4.69) is 14.5 Å². The van der Waals surface area contributed by atoms with Gasteiger partial charge in [0.15, 0.2) is 0 Å². The summed E-state index contributed by atoms with van der Waals surface area (Å²) in [4.78, 5) is 23.2. The number of hydrogen-bond acceptors (Lipinski definition) is 5. The van der Waals surface area contributed by atoms with E-state index in [0.29, 0.717) is 6.61 Å². The van der Waals surface area contributed by atoms with Gasteiger partial charge < -0.3 is 9.47 Å². The molecule has 0 radical (unpaired) electrons. The molecular formula is C7H9NO4. The molecule has 0 aliphatic rings. The second-order valence-corrected chi connectivity index (χ2v) is 1.70. The van der Waals surface area contributed by atoms with Gasteiger partial charge in [-0.3, -0.25) is 0 Å². The Hall–Kier alpha value is -1.45. The molecule has 0 heterocycles. The molecule has 0 aliphatic heterocycles. The first-order valence-corrected chi connectivity index (χ1v) is 3.20. The van der Waals surface area contributed by atoms with Crippen molar-refractivity contribution in [2.75, 3.05) is 20.3 Å². The van der Waals surface area contributed by atoms with Gasteiger partial charge in [-0.1, -0.05) is 0 Å². The molecule has 66 valence electrons. The van der Waals surface area contributed by atoms with E-state index in [1.807, 2.05) is 0 Å². The van der Waals surface area contributed by atoms with Gasteiger partial charge in [-0.2, -0.15) is 4.99 Å². The zero-order valence-electron chi connectivity index (χ0n) is 6.65. The third kappa shape index (κ3) is 6.67. The van der Waals surface area contributed by atoms with Crippen molar-refractivity contribution in [2.45, 2.75) is 0 Å². The second kappa shape index (κ2) is 7.65. The monoisotopic (exact) mass is 171 g/mol. The second-order valence-electron chi connectivity index (χ2n) is 1.70. The molecule has 0 fully saturated rings. The van der Waals surface area contributed by atoms with E-state index in [1.165, 1.54) is 13.2 Å². The minimum atomic E-state index is -0.564. The number of carbonyl (C=O) groups is 1. The summed E-state index contributed by atoms with van der Waals surface area (Å²) in [6, 6.07) is 0. The van der Waals surface area contributed by atoms with Crippen molar-refractivity contribution in [1.82, 2.24) is 0 Å². The van der Waals surface area contributed by atoms with Crippen molar-refractivity contribution in [3.05, 3.63) is 12.3 Å². The van der Waals surface area contributed by atoms with Crippen molar-refractivity contribution in [2.24, 2.45) is 4.99 Å². The molecule has 0 aliphatic carbocycles. The Bertz CT molecular complexity index is 205. The van der Waals surface area contributed by atoms with Gasteiger partial charge in [0.25, 0.3) is 0 Å². The van der Waals surface area contributed by atoms with Gasteiger partial charge in [0.1, 0.15) is 6.61 Å². The van der Waals surface area contributed by atoms with Crippen LogP contribution < -0.4 is 0 Å². The summed E-state index contributed by atoms with van der Waals surface area (Å²) in [5.74, 6) is -0.564. The van der Waals surface area contributed by atoms with Crippen molar-refractivity contribution in [1.29, 1.82) is 0 Å². The molecule has 0 aromatic rings. The highest BCUT2D eigenvalue weighted by atomic mass is 16.6. The lowest BCUT2D eigenvalue weighted by Gasteiger charge is -1.98. The van der Waals surface area contributed by atoms with Gasteiger partial charge >= 0.3 is 5.97 Å². The SMILES string of the molecule is COCCOC(=O)C=CN=C=O. The Morgan fingerprint density at radius 1 is 1.58 bits per heavy atom. The Balaban J connectivity index is 3.52. The molecule has 5 heteroatoms. The topological polar surface area (TPSA) is 65.0 Å². The largest absolute Gasteiger partial charge is 0.460 e. The van der Waals surface area contributed by atoms with Crippen molar-refractivity contribution in [3.8, 4) is 0 Å². The van der Waals surface area contributed by atoms with Crippen LogP contribution in [0.15, 0.2) is 17.3 Å². The summed E-state index contributed by atoms with van der Waals surface area (Å²) in [6.45, 7) is 0.529. The number of carbonyl (C=O) groups excluding carboxylic acids is 2. The molecule has 12 heavy (non-hydrogen) atoms. The number of nitrogens with zero attached hydrogens (tertiary/aromatic N) is 1. The lowest BCUT2D eigenvalue weighted by atomic mass is 10.6. The maximum absolute atomic E-state index is 10.6. The highest BCUT2D eigenvalue weighted by Crippen LogP contribution is 1.82. The number of rotatable bonds is 5. The lowest BCUT2D eigenvalue weighted by Crippen LogP contribution is -2.06. The molecular weight excluding hydrogens is 162 g/mol. The molecule has 0 rings (SSSR count). The number of methoxy groups -OCH3 is 1. The van der Waals surface area contributed by atoms with Crippen LogP contribution in [0.1, 0.15) is 0 Å².